The van der Waals surface area contributed by atoms with Gasteiger partial charge in [0.2, 0.25) is 0 Å². The zero-order valence-electron chi connectivity index (χ0n) is 7.32. The molecule has 0 aromatic heterocycles. The van der Waals surface area contributed by atoms with Gasteiger partial charge in [-0.1, -0.05) is 0 Å². The summed E-state index contributed by atoms with van der Waals surface area (Å²) in [5.74, 6) is -0.779. The van der Waals surface area contributed by atoms with Crippen molar-refractivity contribution in [3.05, 3.63) is 11.8 Å². The molecule has 1 aliphatic heterocycles. The van der Waals surface area contributed by atoms with E-state index in [4.69, 9.17) is 9.84 Å². The number of carbonyl (C=O) groups is 2. The Morgan fingerprint density at radius 3 is 3.00 bits per heavy atom. The van der Waals surface area contributed by atoms with E-state index in [-0.39, 0.29) is 19.0 Å². The first-order valence-electron chi connectivity index (χ1n) is 3.97. The molecule has 72 valence electrons. The third-order valence-corrected chi connectivity index (χ3v) is 1.60. The summed E-state index contributed by atoms with van der Waals surface area (Å²) in [6, 6.07) is 0. The molecule has 0 saturated heterocycles. The first kappa shape index (κ1) is 9.57. The fraction of sp³-hybridized carbons (Fsp3) is 0.500. The van der Waals surface area contributed by atoms with Crippen LogP contribution in [-0.2, 0) is 14.3 Å². The molecule has 0 atom stereocenters. The summed E-state index contributed by atoms with van der Waals surface area (Å²) in [6.07, 6.45) is 1.33. The normalized spacial score (nSPS) is 15.9. The van der Waals surface area contributed by atoms with Crippen molar-refractivity contribution in [3.8, 4) is 0 Å². The van der Waals surface area contributed by atoms with Crippen molar-refractivity contribution in [1.29, 1.82) is 0 Å². The number of hydrogen-bond acceptors (Lipinski definition) is 3. The van der Waals surface area contributed by atoms with Gasteiger partial charge in [0.1, 0.15) is 12.3 Å². The number of rotatable bonds is 4. The lowest BCUT2D eigenvalue weighted by Gasteiger charge is -2.12. The first-order valence-corrected chi connectivity index (χ1v) is 3.97. The summed E-state index contributed by atoms with van der Waals surface area (Å²) in [6.45, 7) is 2.29. The highest BCUT2D eigenvalue weighted by molar-refractivity contribution is 5.92. The Kier molecular flexibility index (Phi) is 2.89. The maximum absolute atomic E-state index is 11.1. The van der Waals surface area contributed by atoms with Crippen molar-refractivity contribution < 1.29 is 19.4 Å². The van der Waals surface area contributed by atoms with Crippen LogP contribution >= 0.6 is 0 Å². The van der Waals surface area contributed by atoms with Gasteiger partial charge < -0.3 is 14.7 Å². The summed E-state index contributed by atoms with van der Waals surface area (Å²) < 4.78 is 5.09. The Balaban J connectivity index is 2.49. The second kappa shape index (κ2) is 3.93. The van der Waals surface area contributed by atoms with Crippen LogP contribution in [-0.4, -0.2) is 41.6 Å². The molecule has 0 aliphatic carbocycles. The summed E-state index contributed by atoms with van der Waals surface area (Å²) in [4.78, 5) is 22.6. The van der Waals surface area contributed by atoms with Gasteiger partial charge in [0, 0.05) is 6.08 Å². The van der Waals surface area contributed by atoms with E-state index in [1.807, 2.05) is 6.92 Å². The van der Waals surface area contributed by atoms with Crippen LogP contribution in [0.4, 0.5) is 0 Å². The van der Waals surface area contributed by atoms with E-state index in [2.05, 4.69) is 0 Å². The molecule has 0 spiro atoms. The second-order valence-electron chi connectivity index (χ2n) is 2.63. The molecular formula is C8H11NO4. The highest BCUT2D eigenvalue weighted by Gasteiger charge is 2.23. The van der Waals surface area contributed by atoms with Crippen molar-refractivity contribution in [2.24, 2.45) is 0 Å². The first-order chi connectivity index (χ1) is 6.13. The summed E-state index contributed by atoms with van der Waals surface area (Å²) in [5, 5.41) is 8.45. The SMILES string of the molecule is CCOC1=CC(=O)N(CC(=O)O)C1. The molecule has 0 fully saturated rings. The number of nitrogens with zero attached hydrogens (tertiary/aromatic N) is 1. The average molecular weight is 185 g/mol. The third kappa shape index (κ3) is 2.47. The van der Waals surface area contributed by atoms with Gasteiger partial charge in [-0.3, -0.25) is 9.59 Å². The molecule has 0 aromatic carbocycles. The largest absolute Gasteiger partial charge is 0.496 e. The van der Waals surface area contributed by atoms with Gasteiger partial charge in [0.05, 0.1) is 13.2 Å². The number of hydrogen-bond donors (Lipinski definition) is 1. The van der Waals surface area contributed by atoms with Crippen molar-refractivity contribution in [2.75, 3.05) is 19.7 Å². The molecular weight excluding hydrogens is 174 g/mol. The Bertz CT molecular complexity index is 259. The van der Waals surface area contributed by atoms with Gasteiger partial charge in [-0.05, 0) is 6.92 Å². The monoisotopic (exact) mass is 185 g/mol. The predicted molar refractivity (Wildman–Crippen MR) is 43.9 cm³/mol. The minimum atomic E-state index is -1.01. The van der Waals surface area contributed by atoms with E-state index in [9.17, 15) is 9.59 Å². The lowest BCUT2D eigenvalue weighted by Crippen LogP contribution is -2.31. The molecule has 0 saturated carbocycles. The number of amides is 1. The lowest BCUT2D eigenvalue weighted by molar-refractivity contribution is -0.142. The minimum Gasteiger partial charge on any atom is -0.496 e. The summed E-state index contributed by atoms with van der Waals surface area (Å²) in [5.41, 5.74) is 0. The Morgan fingerprint density at radius 2 is 2.46 bits per heavy atom. The minimum absolute atomic E-state index is 0.263. The van der Waals surface area contributed by atoms with Crippen LogP contribution in [0.25, 0.3) is 0 Å². The average Bonchev–Trinajstić information content (AvgIpc) is 2.31. The number of ether oxygens (including phenoxy) is 1. The highest BCUT2D eigenvalue weighted by atomic mass is 16.5. The number of aliphatic carboxylic acids is 1. The van der Waals surface area contributed by atoms with Gasteiger partial charge in [-0.2, -0.15) is 0 Å². The maximum Gasteiger partial charge on any atom is 0.323 e. The van der Waals surface area contributed by atoms with E-state index in [0.717, 1.165) is 0 Å². The van der Waals surface area contributed by atoms with Crippen LogP contribution < -0.4 is 0 Å². The van der Waals surface area contributed by atoms with Crippen LogP contribution in [0.5, 0.6) is 0 Å². The molecule has 13 heavy (non-hydrogen) atoms. The van der Waals surface area contributed by atoms with Gasteiger partial charge in [0.25, 0.3) is 5.91 Å². The maximum atomic E-state index is 11.1. The molecule has 5 heteroatoms. The number of carboxylic acid groups (broad SMARTS) is 1. The molecule has 0 bridgehead atoms. The molecule has 0 unspecified atom stereocenters. The van der Waals surface area contributed by atoms with Gasteiger partial charge in [-0.15, -0.1) is 0 Å². The van der Waals surface area contributed by atoms with E-state index >= 15 is 0 Å². The van der Waals surface area contributed by atoms with Crippen molar-refractivity contribution >= 4 is 11.9 Å². The molecule has 1 rings (SSSR count). The predicted octanol–water partition coefficient (Wildman–Crippen LogP) is -0.166. The molecule has 1 amide bonds. The van der Waals surface area contributed by atoms with Gasteiger partial charge in [0.15, 0.2) is 0 Å². The van der Waals surface area contributed by atoms with Crippen molar-refractivity contribution in [2.45, 2.75) is 6.92 Å². The fourth-order valence-electron chi connectivity index (χ4n) is 1.11. The van der Waals surface area contributed by atoms with Gasteiger partial charge in [-0.25, -0.2) is 0 Å². The van der Waals surface area contributed by atoms with Crippen LogP contribution in [0.2, 0.25) is 0 Å². The zero-order valence-corrected chi connectivity index (χ0v) is 7.32. The van der Waals surface area contributed by atoms with Crippen LogP contribution in [0.15, 0.2) is 11.8 Å². The van der Waals surface area contributed by atoms with E-state index in [0.29, 0.717) is 12.4 Å². The number of carbonyl (C=O) groups excluding carboxylic acids is 1. The molecule has 5 nitrogen and oxygen atoms in total. The second-order valence-corrected chi connectivity index (χ2v) is 2.63. The quantitative estimate of drug-likeness (QED) is 0.660. The third-order valence-electron chi connectivity index (χ3n) is 1.60. The Labute approximate surface area is 75.6 Å². The van der Waals surface area contributed by atoms with E-state index < -0.39 is 5.97 Å². The zero-order chi connectivity index (χ0) is 9.84. The van der Waals surface area contributed by atoms with Crippen LogP contribution in [0.3, 0.4) is 0 Å². The topological polar surface area (TPSA) is 66.8 Å². The smallest absolute Gasteiger partial charge is 0.323 e. The Morgan fingerprint density at radius 1 is 1.77 bits per heavy atom. The molecule has 0 radical (unpaired) electrons. The molecule has 1 aliphatic rings. The molecule has 1 heterocycles. The van der Waals surface area contributed by atoms with Crippen LogP contribution in [0.1, 0.15) is 6.92 Å². The van der Waals surface area contributed by atoms with Gasteiger partial charge >= 0.3 is 5.97 Å². The van der Waals surface area contributed by atoms with E-state index in [1.54, 1.807) is 0 Å². The summed E-state index contributed by atoms with van der Waals surface area (Å²) >= 11 is 0. The van der Waals surface area contributed by atoms with E-state index in [1.165, 1.54) is 11.0 Å². The lowest BCUT2D eigenvalue weighted by atomic mass is 10.5. The highest BCUT2D eigenvalue weighted by Crippen LogP contribution is 2.10. The van der Waals surface area contributed by atoms with Crippen LogP contribution in [0, 0.1) is 0 Å². The Hall–Kier alpha value is -1.52. The molecule has 1 N–H and O–H groups in total. The summed E-state index contributed by atoms with van der Waals surface area (Å²) in [7, 11) is 0. The van der Waals surface area contributed by atoms with Crippen molar-refractivity contribution in [1.82, 2.24) is 4.90 Å². The fourth-order valence-corrected chi connectivity index (χ4v) is 1.11. The molecule has 0 aromatic rings. The number of carboxylic acids is 1. The standard InChI is InChI=1S/C8H11NO4/c1-2-13-6-3-7(10)9(4-6)5-8(11)12/h3H,2,4-5H2,1H3,(H,11,12). The van der Waals surface area contributed by atoms with Crippen molar-refractivity contribution in [3.63, 3.8) is 0 Å².